The summed E-state index contributed by atoms with van der Waals surface area (Å²) in [7, 11) is 0. The maximum absolute atomic E-state index is 12.4. The fourth-order valence-corrected chi connectivity index (χ4v) is 3.83. The average molecular weight is 454 g/mol. The van der Waals surface area contributed by atoms with Gasteiger partial charge in [-0.05, 0) is 36.2 Å². The highest BCUT2D eigenvalue weighted by Crippen LogP contribution is 2.12. The Hall–Kier alpha value is -3.26. The van der Waals surface area contributed by atoms with Crippen molar-refractivity contribution in [2.45, 2.75) is 31.7 Å². The number of amides is 2. The van der Waals surface area contributed by atoms with Crippen LogP contribution in [-0.2, 0) is 32.0 Å². The van der Waals surface area contributed by atoms with Crippen molar-refractivity contribution >= 4 is 35.1 Å². The number of nitrogens with one attached hydrogen (secondary N) is 2. The van der Waals surface area contributed by atoms with Crippen LogP contribution < -0.4 is 10.6 Å². The molecule has 7 nitrogen and oxygen atoms in total. The number of ether oxygens (including phenoxy) is 1. The molecule has 0 aromatic heterocycles. The first kappa shape index (κ1) is 23.4. The maximum atomic E-state index is 12.4. The van der Waals surface area contributed by atoms with Gasteiger partial charge in [0, 0.05) is 13.1 Å². The van der Waals surface area contributed by atoms with Crippen LogP contribution in [0.5, 0.6) is 0 Å². The molecule has 32 heavy (non-hydrogen) atoms. The monoisotopic (exact) mass is 453 g/mol. The van der Waals surface area contributed by atoms with Crippen LogP contribution in [0.25, 0.3) is 0 Å². The Balaban J connectivity index is 1.48. The first-order valence-corrected chi connectivity index (χ1v) is 11.1. The number of nitrogens with zero attached hydrogens (tertiary/aromatic N) is 1. The number of carbonyl (C=O) groups is 3. The van der Waals surface area contributed by atoms with Crippen molar-refractivity contribution in [2.75, 3.05) is 19.7 Å². The lowest BCUT2D eigenvalue weighted by atomic mass is 10.1. The van der Waals surface area contributed by atoms with Crippen molar-refractivity contribution in [3.8, 4) is 0 Å². The van der Waals surface area contributed by atoms with Crippen molar-refractivity contribution in [1.29, 1.82) is 0 Å². The predicted molar refractivity (Wildman–Crippen MR) is 125 cm³/mol. The van der Waals surface area contributed by atoms with Crippen LogP contribution in [0, 0.1) is 0 Å². The fraction of sp³-hybridized carbons (Fsp3) is 0.333. The largest absolute Gasteiger partial charge is 0.466 e. The highest BCUT2D eigenvalue weighted by atomic mass is 32.1. The number of thiocarbonyl (C=S) groups is 1. The molecule has 0 radical (unpaired) electrons. The van der Waals surface area contributed by atoms with Crippen molar-refractivity contribution < 1.29 is 19.1 Å². The predicted octanol–water partition coefficient (Wildman–Crippen LogP) is 2.00. The first-order chi connectivity index (χ1) is 15.5. The third-order valence-electron chi connectivity index (χ3n) is 5.12. The standard InChI is InChI=1S/C24H27N3O4S/c28-21(16-19-10-5-2-6-11-19)26-24(32)27-14-13-25-23(30)20(27)17-22(29)31-15-7-12-18-8-3-1-4-9-18/h1-6,8-11,20H,7,12-17H2,(H,25,30)(H,26,28,32)/t20-/m1/s1. The van der Waals surface area contributed by atoms with E-state index < -0.39 is 12.0 Å². The maximum Gasteiger partial charge on any atom is 0.308 e. The van der Waals surface area contributed by atoms with Crippen LogP contribution in [0.4, 0.5) is 0 Å². The van der Waals surface area contributed by atoms with Crippen LogP contribution in [0.15, 0.2) is 60.7 Å². The Labute approximate surface area is 193 Å². The molecule has 3 rings (SSSR count). The zero-order valence-electron chi connectivity index (χ0n) is 17.8. The molecule has 2 aromatic rings. The highest BCUT2D eigenvalue weighted by Gasteiger charge is 2.34. The van der Waals surface area contributed by atoms with Gasteiger partial charge in [-0.15, -0.1) is 0 Å². The number of rotatable bonds is 8. The zero-order chi connectivity index (χ0) is 22.8. The summed E-state index contributed by atoms with van der Waals surface area (Å²) in [5.74, 6) is -1.05. The third kappa shape index (κ3) is 7.16. The van der Waals surface area contributed by atoms with E-state index in [1.165, 1.54) is 5.56 Å². The minimum Gasteiger partial charge on any atom is -0.466 e. The summed E-state index contributed by atoms with van der Waals surface area (Å²) in [5, 5.41) is 5.56. The lowest BCUT2D eigenvalue weighted by Crippen LogP contribution is -2.60. The van der Waals surface area contributed by atoms with E-state index in [1.54, 1.807) is 4.90 Å². The molecular formula is C24H27N3O4S. The van der Waals surface area contributed by atoms with Gasteiger partial charge in [-0.1, -0.05) is 60.7 Å². The molecule has 1 aliphatic rings. The minimum absolute atomic E-state index is 0.133. The Morgan fingerprint density at radius 3 is 2.41 bits per heavy atom. The second-order valence-electron chi connectivity index (χ2n) is 7.53. The van der Waals surface area contributed by atoms with E-state index in [0.717, 1.165) is 12.0 Å². The van der Waals surface area contributed by atoms with Crippen LogP contribution >= 0.6 is 12.2 Å². The van der Waals surface area contributed by atoms with Crippen molar-refractivity contribution in [3.63, 3.8) is 0 Å². The highest BCUT2D eigenvalue weighted by molar-refractivity contribution is 7.80. The van der Waals surface area contributed by atoms with Crippen molar-refractivity contribution in [1.82, 2.24) is 15.5 Å². The average Bonchev–Trinajstić information content (AvgIpc) is 2.79. The Morgan fingerprint density at radius 2 is 1.72 bits per heavy atom. The van der Waals surface area contributed by atoms with Crippen LogP contribution in [0.2, 0.25) is 0 Å². The van der Waals surface area contributed by atoms with Crippen LogP contribution in [-0.4, -0.2) is 53.5 Å². The van der Waals surface area contributed by atoms with E-state index in [9.17, 15) is 14.4 Å². The van der Waals surface area contributed by atoms with Gasteiger partial charge >= 0.3 is 5.97 Å². The lowest BCUT2D eigenvalue weighted by Gasteiger charge is -2.36. The first-order valence-electron chi connectivity index (χ1n) is 10.6. The summed E-state index contributed by atoms with van der Waals surface area (Å²) in [6, 6.07) is 18.4. The quantitative estimate of drug-likeness (QED) is 0.361. The molecule has 0 saturated carbocycles. The summed E-state index contributed by atoms with van der Waals surface area (Å²) < 4.78 is 5.33. The number of aryl methyl sites for hydroxylation is 1. The van der Waals surface area contributed by atoms with Gasteiger partial charge in [0.05, 0.1) is 19.4 Å². The Bertz CT molecular complexity index is 937. The molecule has 8 heteroatoms. The zero-order valence-corrected chi connectivity index (χ0v) is 18.6. The van der Waals surface area contributed by atoms with Crippen LogP contribution in [0.1, 0.15) is 24.0 Å². The molecular weight excluding hydrogens is 426 g/mol. The van der Waals surface area contributed by atoms with Gasteiger partial charge in [0.2, 0.25) is 11.8 Å². The van der Waals surface area contributed by atoms with Crippen molar-refractivity contribution in [2.24, 2.45) is 0 Å². The van der Waals surface area contributed by atoms with Gasteiger partial charge in [-0.2, -0.15) is 0 Å². The molecule has 2 aromatic carbocycles. The van der Waals surface area contributed by atoms with Crippen LogP contribution in [0.3, 0.4) is 0 Å². The SMILES string of the molecule is O=C(Cc1ccccc1)NC(=S)N1CCNC(=O)[C@H]1CC(=O)OCCCc1ccccc1. The lowest BCUT2D eigenvalue weighted by molar-refractivity contribution is -0.147. The number of hydrogen-bond acceptors (Lipinski definition) is 5. The van der Waals surface area contributed by atoms with E-state index in [1.807, 2.05) is 60.7 Å². The second-order valence-corrected chi connectivity index (χ2v) is 7.92. The molecule has 168 valence electrons. The normalized spacial score (nSPS) is 15.6. The fourth-order valence-electron chi connectivity index (χ4n) is 3.50. The second kappa shape index (κ2) is 12.0. The summed E-state index contributed by atoms with van der Waals surface area (Å²) in [6.45, 7) is 1.07. The number of hydrogen-bond donors (Lipinski definition) is 2. The minimum atomic E-state index is -0.810. The smallest absolute Gasteiger partial charge is 0.308 e. The molecule has 1 saturated heterocycles. The van der Waals surface area contributed by atoms with Gasteiger partial charge in [0.25, 0.3) is 0 Å². The Kier molecular flexibility index (Phi) is 8.74. The molecule has 2 N–H and O–H groups in total. The number of esters is 1. The molecule has 1 aliphatic heterocycles. The number of carbonyl (C=O) groups excluding carboxylic acids is 3. The van der Waals surface area contributed by atoms with E-state index in [4.69, 9.17) is 17.0 Å². The van der Waals surface area contributed by atoms with E-state index in [0.29, 0.717) is 19.5 Å². The van der Waals surface area contributed by atoms with Gasteiger partial charge in [0.1, 0.15) is 6.04 Å². The molecule has 2 amide bonds. The molecule has 0 bridgehead atoms. The Morgan fingerprint density at radius 1 is 1.06 bits per heavy atom. The van der Waals surface area contributed by atoms with E-state index in [2.05, 4.69) is 10.6 Å². The van der Waals surface area contributed by atoms with Gasteiger partial charge in [-0.25, -0.2) is 0 Å². The van der Waals surface area contributed by atoms with Gasteiger partial charge in [0.15, 0.2) is 5.11 Å². The molecule has 1 fully saturated rings. The molecule has 0 spiro atoms. The molecule has 1 atom stereocenters. The number of piperazine rings is 1. The van der Waals surface area contributed by atoms with Crippen molar-refractivity contribution in [3.05, 3.63) is 71.8 Å². The topological polar surface area (TPSA) is 87.7 Å². The summed E-state index contributed by atoms with van der Waals surface area (Å²) in [6.07, 6.45) is 1.55. The summed E-state index contributed by atoms with van der Waals surface area (Å²) >= 11 is 5.37. The number of benzene rings is 2. The third-order valence-corrected chi connectivity index (χ3v) is 5.46. The van der Waals surface area contributed by atoms with Gasteiger partial charge < -0.3 is 20.3 Å². The summed E-state index contributed by atoms with van der Waals surface area (Å²) in [4.78, 5) is 38.7. The van der Waals surface area contributed by atoms with Gasteiger partial charge in [-0.3, -0.25) is 14.4 Å². The summed E-state index contributed by atoms with van der Waals surface area (Å²) in [5.41, 5.74) is 2.04. The van der Waals surface area contributed by atoms with E-state index >= 15 is 0 Å². The molecule has 0 unspecified atom stereocenters. The van der Waals surface area contributed by atoms with E-state index in [-0.39, 0.29) is 36.4 Å². The molecule has 1 heterocycles. The molecule has 0 aliphatic carbocycles.